The van der Waals surface area contributed by atoms with E-state index in [1.807, 2.05) is 0 Å². The summed E-state index contributed by atoms with van der Waals surface area (Å²) in [5.74, 6) is -0.510. The fraction of sp³-hybridized carbons (Fsp3) is 0.0476. The molecule has 3 aromatic rings. The summed E-state index contributed by atoms with van der Waals surface area (Å²) in [6.45, 7) is 1.66. The first-order valence-electron chi connectivity index (χ1n) is 8.39. The van der Waals surface area contributed by atoms with Crippen LogP contribution in [0.3, 0.4) is 0 Å². The molecule has 0 fully saturated rings. The minimum atomic E-state index is -2.82. The maximum atomic E-state index is 13.1. The maximum Gasteiger partial charge on any atom is 0.461 e. The standard InChI is InChI=1S/C21H11Cl5O3P/c1-10-6-5-9-12(22)13(10)21(28)30(29)20-17(25)15(23)14(16(24)18(20)26)19(27)11-7-3-2-4-8-11/h2-9H,1H3/q+1. The molecule has 0 heterocycles. The van der Waals surface area contributed by atoms with E-state index in [1.165, 1.54) is 6.07 Å². The molecule has 1 unspecified atom stereocenters. The Balaban J connectivity index is 2.15. The third-order valence-electron chi connectivity index (χ3n) is 4.33. The summed E-state index contributed by atoms with van der Waals surface area (Å²) in [6, 6.07) is 13.1. The first kappa shape index (κ1) is 23.2. The fourth-order valence-electron chi connectivity index (χ4n) is 2.84. The van der Waals surface area contributed by atoms with Gasteiger partial charge >= 0.3 is 13.3 Å². The minimum absolute atomic E-state index is 0.0871. The Bertz CT molecular complexity index is 1160. The lowest BCUT2D eigenvalue weighted by Crippen LogP contribution is -2.13. The van der Waals surface area contributed by atoms with Crippen molar-refractivity contribution < 1.29 is 14.2 Å². The van der Waals surface area contributed by atoms with Gasteiger partial charge in [-0.3, -0.25) is 4.79 Å². The van der Waals surface area contributed by atoms with Crippen LogP contribution in [0, 0.1) is 6.92 Å². The van der Waals surface area contributed by atoms with Gasteiger partial charge in [0.05, 0.1) is 26.2 Å². The van der Waals surface area contributed by atoms with Gasteiger partial charge in [0, 0.05) is 5.56 Å². The number of rotatable bonds is 5. The maximum absolute atomic E-state index is 13.1. The minimum Gasteiger partial charge on any atom is -0.288 e. The molecule has 9 heteroatoms. The molecule has 3 aromatic carbocycles. The van der Waals surface area contributed by atoms with Crippen LogP contribution in [-0.4, -0.2) is 11.3 Å². The van der Waals surface area contributed by atoms with E-state index in [4.69, 9.17) is 58.0 Å². The summed E-state index contributed by atoms with van der Waals surface area (Å²) in [5.41, 5.74) is 0.0350. The van der Waals surface area contributed by atoms with Crippen molar-refractivity contribution in [3.8, 4) is 0 Å². The van der Waals surface area contributed by atoms with Crippen LogP contribution in [0.25, 0.3) is 0 Å². The van der Waals surface area contributed by atoms with E-state index in [9.17, 15) is 14.2 Å². The summed E-state index contributed by atoms with van der Waals surface area (Å²) in [4.78, 5) is 25.8. The van der Waals surface area contributed by atoms with Crippen molar-refractivity contribution in [3.63, 3.8) is 0 Å². The molecule has 0 aliphatic carbocycles. The molecule has 0 bridgehead atoms. The third-order valence-corrected chi connectivity index (χ3v) is 8.06. The predicted octanol–water partition coefficient (Wildman–Crippen LogP) is 7.79. The number of aryl methyl sites for hydroxylation is 1. The molecule has 30 heavy (non-hydrogen) atoms. The number of benzene rings is 3. The second-order valence-electron chi connectivity index (χ2n) is 6.21. The van der Waals surface area contributed by atoms with Gasteiger partial charge in [-0.25, -0.2) is 4.79 Å². The lowest BCUT2D eigenvalue weighted by molar-refractivity contribution is 0.103. The van der Waals surface area contributed by atoms with Crippen molar-refractivity contribution in [2.24, 2.45) is 0 Å². The van der Waals surface area contributed by atoms with Gasteiger partial charge in [0.15, 0.2) is 5.78 Å². The van der Waals surface area contributed by atoms with Crippen LogP contribution in [-0.2, 0) is 4.57 Å². The van der Waals surface area contributed by atoms with E-state index in [1.54, 1.807) is 49.4 Å². The number of carbonyl (C=O) groups excluding carboxylic acids is 2. The number of hydrogen-bond donors (Lipinski definition) is 0. The Morgan fingerprint density at radius 1 is 0.733 bits per heavy atom. The Hall–Kier alpha value is -1.45. The van der Waals surface area contributed by atoms with Crippen LogP contribution in [0.2, 0.25) is 25.1 Å². The number of hydrogen-bond acceptors (Lipinski definition) is 3. The van der Waals surface area contributed by atoms with Crippen LogP contribution in [0.1, 0.15) is 31.8 Å². The fourth-order valence-corrected chi connectivity index (χ4v) is 6.11. The number of halogens is 5. The van der Waals surface area contributed by atoms with Crippen LogP contribution in [0.4, 0.5) is 0 Å². The van der Waals surface area contributed by atoms with Crippen molar-refractivity contribution in [1.29, 1.82) is 0 Å². The SMILES string of the molecule is Cc1cccc(Cl)c1C(=O)[P+](=O)c1c(Cl)c(Cl)c(C(=O)c2ccccc2)c(Cl)c1Cl. The molecule has 0 saturated carbocycles. The van der Waals surface area contributed by atoms with E-state index in [2.05, 4.69) is 0 Å². The largest absolute Gasteiger partial charge is 0.461 e. The Morgan fingerprint density at radius 3 is 1.83 bits per heavy atom. The van der Waals surface area contributed by atoms with Gasteiger partial charge in [-0.2, -0.15) is 0 Å². The van der Waals surface area contributed by atoms with Crippen molar-refractivity contribution in [3.05, 3.63) is 95.9 Å². The summed E-state index contributed by atoms with van der Waals surface area (Å²) >= 11 is 31.4. The summed E-state index contributed by atoms with van der Waals surface area (Å²) in [5, 5.41) is -1.11. The van der Waals surface area contributed by atoms with Gasteiger partial charge in [-0.1, -0.05) is 105 Å². The van der Waals surface area contributed by atoms with Crippen LogP contribution >= 0.6 is 65.8 Å². The van der Waals surface area contributed by atoms with Crippen molar-refractivity contribution in [1.82, 2.24) is 0 Å². The molecule has 3 rings (SSSR count). The average Bonchev–Trinajstić information content (AvgIpc) is 2.72. The lowest BCUT2D eigenvalue weighted by atomic mass is 10.0. The second-order valence-corrected chi connectivity index (χ2v) is 9.57. The monoisotopic (exact) mass is 517 g/mol. The zero-order chi connectivity index (χ0) is 22.2. The highest BCUT2D eigenvalue weighted by Crippen LogP contribution is 2.44. The van der Waals surface area contributed by atoms with Crippen LogP contribution in [0.15, 0.2) is 48.5 Å². The van der Waals surface area contributed by atoms with Gasteiger partial charge in [0.1, 0.15) is 10.0 Å². The molecule has 0 spiro atoms. The smallest absolute Gasteiger partial charge is 0.288 e. The molecule has 0 saturated heterocycles. The zero-order valence-electron chi connectivity index (χ0n) is 15.2. The van der Waals surface area contributed by atoms with Gasteiger partial charge in [-0.05, 0) is 18.6 Å². The Labute approximate surface area is 198 Å². The first-order chi connectivity index (χ1) is 14.2. The van der Waals surface area contributed by atoms with E-state index >= 15 is 0 Å². The molecule has 0 aromatic heterocycles. The highest BCUT2D eigenvalue weighted by Gasteiger charge is 2.42. The number of ketones is 1. The van der Waals surface area contributed by atoms with Gasteiger partial charge in [-0.15, -0.1) is 0 Å². The summed E-state index contributed by atoms with van der Waals surface area (Å²) < 4.78 is 13.1. The first-order valence-corrected chi connectivity index (χ1v) is 11.5. The average molecular weight is 520 g/mol. The molecule has 0 aliphatic heterocycles. The van der Waals surface area contributed by atoms with Crippen molar-refractivity contribution in [2.75, 3.05) is 0 Å². The van der Waals surface area contributed by atoms with Crippen molar-refractivity contribution in [2.45, 2.75) is 6.92 Å². The van der Waals surface area contributed by atoms with E-state index in [0.717, 1.165) is 0 Å². The molecular formula is C21H11Cl5O3P+. The molecule has 0 N–H and O–H groups in total. The van der Waals surface area contributed by atoms with E-state index in [-0.39, 0.29) is 41.5 Å². The molecular weight excluding hydrogens is 508 g/mol. The third kappa shape index (κ3) is 4.16. The highest BCUT2D eigenvalue weighted by atomic mass is 35.5. The molecule has 3 nitrogen and oxygen atoms in total. The lowest BCUT2D eigenvalue weighted by Gasteiger charge is -2.10. The van der Waals surface area contributed by atoms with Crippen molar-refractivity contribution >= 4 is 82.4 Å². The summed E-state index contributed by atoms with van der Waals surface area (Å²) in [6.07, 6.45) is 0. The molecule has 152 valence electrons. The normalized spacial score (nSPS) is 11.3. The molecule has 1 atom stereocenters. The van der Waals surface area contributed by atoms with Crippen LogP contribution < -0.4 is 5.30 Å². The molecule has 0 aliphatic rings. The van der Waals surface area contributed by atoms with E-state index in [0.29, 0.717) is 11.1 Å². The van der Waals surface area contributed by atoms with Gasteiger partial charge < -0.3 is 0 Å². The topological polar surface area (TPSA) is 51.2 Å². The van der Waals surface area contributed by atoms with Gasteiger partial charge in [0.2, 0.25) is 5.30 Å². The van der Waals surface area contributed by atoms with Gasteiger partial charge in [0.25, 0.3) is 0 Å². The highest BCUT2D eigenvalue weighted by molar-refractivity contribution is 7.72. The predicted molar refractivity (Wildman–Crippen MR) is 124 cm³/mol. The molecule has 0 amide bonds. The number of carbonyl (C=O) groups is 2. The Morgan fingerprint density at radius 2 is 1.30 bits per heavy atom. The summed E-state index contributed by atoms with van der Waals surface area (Å²) in [7, 11) is -2.82. The van der Waals surface area contributed by atoms with Crippen LogP contribution in [0.5, 0.6) is 0 Å². The Kier molecular flexibility index (Phi) is 7.24. The zero-order valence-corrected chi connectivity index (χ0v) is 19.9. The quantitative estimate of drug-likeness (QED) is 0.196. The second kappa shape index (κ2) is 9.36. The van der Waals surface area contributed by atoms with E-state index < -0.39 is 19.1 Å². The molecule has 0 radical (unpaired) electrons.